The van der Waals surface area contributed by atoms with Crippen LogP contribution in [0, 0.1) is 11.8 Å². The first kappa shape index (κ1) is 14.7. The molecule has 0 amide bonds. The molecule has 0 rings (SSSR count). The summed E-state index contributed by atoms with van der Waals surface area (Å²) in [5.74, 6) is 1.04. The van der Waals surface area contributed by atoms with Gasteiger partial charge in [-0.1, -0.05) is 33.6 Å². The number of hydrogen-bond donors (Lipinski definition) is 0. The molecule has 0 bridgehead atoms. The van der Waals surface area contributed by atoms with Crippen molar-refractivity contribution in [1.29, 1.82) is 0 Å². The maximum absolute atomic E-state index is 10.2. The molecule has 64 valence electrons. The number of carbonyl (C=O) groups excluding carboxylic acids is 1. The zero-order valence-corrected chi connectivity index (χ0v) is 12.4. The molecule has 1 atom stereocenters. The van der Waals surface area contributed by atoms with Gasteiger partial charge in [0.1, 0.15) is 6.29 Å². The molecule has 0 heterocycles. The molecule has 0 aromatic heterocycles. The van der Waals surface area contributed by atoms with Crippen LogP contribution >= 0.6 is 0 Å². The van der Waals surface area contributed by atoms with Crippen molar-refractivity contribution in [2.45, 2.75) is 40.0 Å². The van der Waals surface area contributed by atoms with Gasteiger partial charge in [-0.05, 0) is 12.3 Å². The maximum Gasteiger partial charge on any atom is 2.00 e. The van der Waals surface area contributed by atoms with Crippen LogP contribution in [0.15, 0.2) is 0 Å². The predicted molar refractivity (Wildman–Crippen MR) is 51.9 cm³/mol. The molecule has 0 fully saturated rings. The topological polar surface area (TPSA) is 17.1 Å². The Morgan fingerprint density at radius 2 is 1.82 bits per heavy atom. The average molecular weight is 282 g/mol. The van der Waals surface area contributed by atoms with Crippen LogP contribution in [-0.2, 0) is 4.79 Å². The molecule has 0 aromatic rings. The van der Waals surface area contributed by atoms with E-state index in [1.165, 1.54) is 12.8 Å². The first-order valence-corrected chi connectivity index (χ1v) is 4.12. The van der Waals surface area contributed by atoms with Gasteiger partial charge in [-0.2, -0.15) is 0 Å². The van der Waals surface area contributed by atoms with Crippen molar-refractivity contribution in [1.82, 2.24) is 0 Å². The summed E-state index contributed by atoms with van der Waals surface area (Å²) >= 11 is 0. The van der Waals surface area contributed by atoms with Crippen LogP contribution in [0.3, 0.4) is 0 Å². The molecule has 1 unspecified atom stereocenters. The third-order valence-corrected chi connectivity index (χ3v) is 1.67. The Hall–Kier alpha value is 1.24. The van der Waals surface area contributed by atoms with Crippen LogP contribution < -0.4 is 0 Å². The van der Waals surface area contributed by atoms with Gasteiger partial charge < -0.3 is 7.65 Å². The van der Waals surface area contributed by atoms with Crippen LogP contribution in [0.2, 0.25) is 0 Å². The molecule has 0 saturated carbocycles. The van der Waals surface area contributed by atoms with E-state index in [2.05, 4.69) is 13.8 Å². The van der Waals surface area contributed by atoms with E-state index in [-0.39, 0.29) is 57.7 Å². The van der Waals surface area contributed by atoms with Gasteiger partial charge in [0.15, 0.2) is 0 Å². The number of rotatable bonds is 5. The predicted octanol–water partition coefficient (Wildman–Crippen LogP) is 2.49. The Morgan fingerprint density at radius 1 is 1.27 bits per heavy atom. The Kier molecular flexibility index (Phi) is 12.5. The summed E-state index contributed by atoms with van der Waals surface area (Å²) in [6.07, 6.45) is 4.54. The van der Waals surface area contributed by atoms with Crippen molar-refractivity contribution in [3.8, 4) is 0 Å². The van der Waals surface area contributed by atoms with Crippen molar-refractivity contribution in [3.63, 3.8) is 0 Å². The van der Waals surface area contributed by atoms with E-state index in [1.807, 2.05) is 6.92 Å². The van der Waals surface area contributed by atoms with Crippen molar-refractivity contribution in [2.24, 2.45) is 11.8 Å². The van der Waals surface area contributed by atoms with Crippen molar-refractivity contribution >= 4 is 55.2 Å². The minimum absolute atomic E-state index is 0. The average Bonchev–Trinajstić information content (AvgIpc) is 1.87. The normalized spacial score (nSPS) is 12.4. The largest absolute Gasteiger partial charge is 2.00 e. The second kappa shape index (κ2) is 9.33. The minimum Gasteiger partial charge on any atom is -1.00 e. The monoisotopic (exact) mass is 282 g/mol. The minimum atomic E-state index is 0. The van der Waals surface area contributed by atoms with E-state index in [1.54, 1.807) is 0 Å². The molecule has 0 spiro atoms. The molecule has 0 saturated heterocycles. The molecule has 0 radical (unpaired) electrons. The van der Waals surface area contributed by atoms with Crippen LogP contribution in [0.5, 0.6) is 0 Å². The number of carbonyl (C=O) groups is 1. The van der Waals surface area contributed by atoms with Crippen LogP contribution in [0.25, 0.3) is 0 Å². The smallest absolute Gasteiger partial charge is 1.00 e. The Balaban J connectivity index is -0.000000135. The molecule has 0 N–H and O–H groups in total. The zero-order chi connectivity index (χ0) is 7.98. The molecule has 11 heavy (non-hydrogen) atoms. The first-order valence-electron chi connectivity index (χ1n) is 4.12. The molecule has 0 aromatic carbocycles. The summed E-state index contributed by atoms with van der Waals surface area (Å²) in [5, 5.41) is 0. The van der Waals surface area contributed by atoms with Gasteiger partial charge in [-0.15, -0.1) is 0 Å². The van der Waals surface area contributed by atoms with Gasteiger partial charge in [-0.3, -0.25) is 0 Å². The molecule has 1 nitrogen and oxygen atoms in total. The van der Waals surface area contributed by atoms with E-state index in [0.29, 0.717) is 0 Å². The van der Waals surface area contributed by atoms with Gasteiger partial charge in [-0.25, -0.2) is 0 Å². The van der Waals surface area contributed by atoms with Gasteiger partial charge in [0.2, 0.25) is 0 Å². The third-order valence-electron chi connectivity index (χ3n) is 1.67. The molecular weight excluding hydrogens is 261 g/mol. The van der Waals surface area contributed by atoms with Crippen LogP contribution in [0.1, 0.15) is 42.9 Å². The van der Waals surface area contributed by atoms with E-state index in [4.69, 9.17) is 0 Å². The summed E-state index contributed by atoms with van der Waals surface area (Å²) in [4.78, 5) is 10.2. The number of aldehydes is 1. The summed E-state index contributed by atoms with van der Waals surface area (Å²) < 4.78 is 0. The quantitative estimate of drug-likeness (QED) is 0.559. The van der Waals surface area contributed by atoms with E-state index >= 15 is 0 Å². The fraction of sp³-hybridized carbons (Fsp3) is 0.889. The van der Waals surface area contributed by atoms with Crippen LogP contribution in [0.4, 0.5) is 0 Å². The van der Waals surface area contributed by atoms with Crippen LogP contribution in [-0.4, -0.2) is 55.2 Å². The van der Waals surface area contributed by atoms with E-state index in [9.17, 15) is 4.79 Å². The third kappa shape index (κ3) is 11.2. The van der Waals surface area contributed by atoms with Gasteiger partial charge in [0, 0.05) is 5.92 Å². The Morgan fingerprint density at radius 3 is 2.18 bits per heavy atom. The second-order valence-corrected chi connectivity index (χ2v) is 3.44. The molecular formula is C9H20BaO. The summed E-state index contributed by atoms with van der Waals surface area (Å²) in [6.45, 7) is 6.41. The fourth-order valence-electron chi connectivity index (χ4n) is 0.916. The standard InChI is InChI=1S/C9H18O.Ba.2H/c1-8(2)5-4-6-9(3)7-10;;;/h7-9H,4-6H2,1-3H3;;;/q;+2;2*-1. The molecule has 0 aliphatic rings. The molecule has 0 aliphatic carbocycles. The molecule has 0 aliphatic heterocycles. The van der Waals surface area contributed by atoms with Gasteiger partial charge in [0.05, 0.1) is 0 Å². The van der Waals surface area contributed by atoms with Crippen molar-refractivity contribution in [2.75, 3.05) is 0 Å². The summed E-state index contributed by atoms with van der Waals surface area (Å²) in [6, 6.07) is 0. The van der Waals surface area contributed by atoms with E-state index in [0.717, 1.165) is 18.6 Å². The Labute approximate surface area is 113 Å². The second-order valence-electron chi connectivity index (χ2n) is 3.44. The number of hydrogen-bond acceptors (Lipinski definition) is 1. The summed E-state index contributed by atoms with van der Waals surface area (Å²) in [7, 11) is 0. The summed E-state index contributed by atoms with van der Waals surface area (Å²) in [5.41, 5.74) is 0. The zero-order valence-electron chi connectivity index (χ0n) is 9.97. The van der Waals surface area contributed by atoms with E-state index < -0.39 is 0 Å². The SMILES string of the molecule is CC(C)CCCC(C)C=O.[Ba+2].[H-].[H-]. The first-order chi connectivity index (χ1) is 4.66. The van der Waals surface area contributed by atoms with Crippen molar-refractivity contribution in [3.05, 3.63) is 0 Å². The molecule has 2 heteroatoms. The fourth-order valence-corrected chi connectivity index (χ4v) is 0.916. The van der Waals surface area contributed by atoms with Gasteiger partial charge >= 0.3 is 48.9 Å². The van der Waals surface area contributed by atoms with Crippen molar-refractivity contribution < 1.29 is 7.65 Å². The Bertz CT molecular complexity index is 99.6. The van der Waals surface area contributed by atoms with Gasteiger partial charge in [0.25, 0.3) is 0 Å². The maximum atomic E-state index is 10.2.